The highest BCUT2D eigenvalue weighted by molar-refractivity contribution is 5.89. The Labute approximate surface area is 208 Å². The van der Waals surface area contributed by atoms with Gasteiger partial charge < -0.3 is 15.1 Å². The normalized spacial score (nSPS) is 20.6. The molecule has 0 bridgehead atoms. The van der Waals surface area contributed by atoms with Crippen molar-refractivity contribution in [3.8, 4) is 6.07 Å². The van der Waals surface area contributed by atoms with Crippen molar-refractivity contribution >= 4 is 11.7 Å². The second-order valence-electron chi connectivity index (χ2n) is 9.64. The molecule has 9 heteroatoms. The standard InChI is InChI=1S/C27H30F4N4O/c28-23-15-22(27(29,30)31)16-24(17-23)33-26(36)35(13-12-34-10-1-2-11-34)25-8-6-20(7-9-25)21-5-3-4-19(14-21)18-32/h3-5,14-17,20,25H,1-2,6-13H2,(H,33,36)/t20-,25-. The van der Waals surface area contributed by atoms with Crippen LogP contribution >= 0.6 is 0 Å². The molecule has 1 saturated carbocycles. The van der Waals surface area contributed by atoms with E-state index in [4.69, 9.17) is 0 Å². The van der Waals surface area contributed by atoms with Gasteiger partial charge in [0.2, 0.25) is 0 Å². The summed E-state index contributed by atoms with van der Waals surface area (Å²) in [6.45, 7) is 3.08. The number of anilines is 1. The Morgan fingerprint density at radius 3 is 2.47 bits per heavy atom. The maximum absolute atomic E-state index is 13.9. The van der Waals surface area contributed by atoms with Gasteiger partial charge >= 0.3 is 12.2 Å². The van der Waals surface area contributed by atoms with E-state index in [1.165, 1.54) is 0 Å². The van der Waals surface area contributed by atoms with Gasteiger partial charge in [-0.25, -0.2) is 9.18 Å². The molecule has 0 atom stereocenters. The fraction of sp³-hybridized carbons (Fsp3) is 0.481. The van der Waals surface area contributed by atoms with E-state index in [2.05, 4.69) is 16.3 Å². The van der Waals surface area contributed by atoms with Crippen LogP contribution in [0.25, 0.3) is 0 Å². The zero-order valence-electron chi connectivity index (χ0n) is 20.0. The molecule has 192 valence electrons. The monoisotopic (exact) mass is 502 g/mol. The molecule has 2 aromatic rings. The van der Waals surface area contributed by atoms with Crippen molar-refractivity contribution in [2.45, 2.75) is 56.7 Å². The van der Waals surface area contributed by atoms with Crippen molar-refractivity contribution in [3.05, 3.63) is 65.0 Å². The first-order chi connectivity index (χ1) is 17.2. The molecule has 1 heterocycles. The van der Waals surface area contributed by atoms with Crippen LogP contribution in [0.5, 0.6) is 0 Å². The van der Waals surface area contributed by atoms with Crippen LogP contribution in [0.3, 0.4) is 0 Å². The Bertz CT molecular complexity index is 1100. The largest absolute Gasteiger partial charge is 0.416 e. The molecule has 36 heavy (non-hydrogen) atoms. The highest BCUT2D eigenvalue weighted by Crippen LogP contribution is 2.36. The Hall–Kier alpha value is -3.12. The number of carbonyl (C=O) groups excluding carboxylic acids is 1. The van der Waals surface area contributed by atoms with Crippen molar-refractivity contribution in [2.24, 2.45) is 0 Å². The number of nitriles is 1. The number of rotatable bonds is 6. The summed E-state index contributed by atoms with van der Waals surface area (Å²) in [7, 11) is 0. The van der Waals surface area contributed by atoms with Gasteiger partial charge in [0, 0.05) is 24.8 Å². The fourth-order valence-electron chi connectivity index (χ4n) is 5.31. The molecule has 0 spiro atoms. The number of nitrogens with one attached hydrogen (secondary N) is 1. The molecule has 2 aliphatic rings. The quantitative estimate of drug-likeness (QED) is 0.467. The number of likely N-dealkylation sites (tertiary alicyclic amines) is 1. The average Bonchev–Trinajstić information content (AvgIpc) is 3.37. The minimum atomic E-state index is -4.71. The summed E-state index contributed by atoms with van der Waals surface area (Å²) in [6.07, 6.45) is 0.678. The molecule has 5 nitrogen and oxygen atoms in total. The van der Waals surface area contributed by atoms with E-state index in [1.807, 2.05) is 18.2 Å². The summed E-state index contributed by atoms with van der Waals surface area (Å²) < 4.78 is 53.3. The maximum atomic E-state index is 13.9. The number of nitrogens with zero attached hydrogens (tertiary/aromatic N) is 3. The van der Waals surface area contributed by atoms with Crippen LogP contribution < -0.4 is 5.32 Å². The van der Waals surface area contributed by atoms with Crippen LogP contribution in [0.2, 0.25) is 0 Å². The average molecular weight is 503 g/mol. The van der Waals surface area contributed by atoms with E-state index < -0.39 is 23.6 Å². The minimum absolute atomic E-state index is 0.0707. The molecular weight excluding hydrogens is 472 g/mol. The van der Waals surface area contributed by atoms with Gasteiger partial charge in [0.1, 0.15) is 5.82 Å². The van der Waals surface area contributed by atoms with Crippen LogP contribution in [0.1, 0.15) is 61.1 Å². The number of carbonyl (C=O) groups is 1. The van der Waals surface area contributed by atoms with Gasteiger partial charge in [-0.3, -0.25) is 0 Å². The van der Waals surface area contributed by atoms with Crippen molar-refractivity contribution in [2.75, 3.05) is 31.5 Å². The van der Waals surface area contributed by atoms with Gasteiger partial charge in [-0.2, -0.15) is 18.4 Å². The van der Waals surface area contributed by atoms with Gasteiger partial charge in [0.25, 0.3) is 0 Å². The summed E-state index contributed by atoms with van der Waals surface area (Å²) in [5.41, 5.74) is 0.386. The lowest BCUT2D eigenvalue weighted by atomic mass is 9.81. The summed E-state index contributed by atoms with van der Waals surface area (Å²) in [5, 5.41) is 11.7. The Morgan fingerprint density at radius 1 is 1.08 bits per heavy atom. The fourth-order valence-corrected chi connectivity index (χ4v) is 5.31. The second-order valence-corrected chi connectivity index (χ2v) is 9.64. The van der Waals surface area contributed by atoms with Gasteiger partial charge in [0.05, 0.1) is 17.2 Å². The molecule has 1 saturated heterocycles. The van der Waals surface area contributed by atoms with Gasteiger partial charge in [0.15, 0.2) is 0 Å². The first-order valence-electron chi connectivity index (χ1n) is 12.4. The molecule has 2 aromatic carbocycles. The Morgan fingerprint density at radius 2 is 1.81 bits per heavy atom. The first-order valence-corrected chi connectivity index (χ1v) is 12.4. The zero-order valence-corrected chi connectivity index (χ0v) is 20.0. The first kappa shape index (κ1) is 26.0. The van der Waals surface area contributed by atoms with E-state index in [0.717, 1.165) is 69.3 Å². The lowest BCUT2D eigenvalue weighted by Gasteiger charge is -2.38. The third-order valence-electron chi connectivity index (χ3n) is 7.22. The molecule has 0 radical (unpaired) electrons. The van der Waals surface area contributed by atoms with Crippen molar-refractivity contribution in [3.63, 3.8) is 0 Å². The molecule has 0 aromatic heterocycles. The zero-order chi connectivity index (χ0) is 25.7. The molecule has 1 aliphatic heterocycles. The van der Waals surface area contributed by atoms with Crippen LogP contribution in [0, 0.1) is 17.1 Å². The van der Waals surface area contributed by atoms with Crippen LogP contribution in [0.4, 0.5) is 28.0 Å². The summed E-state index contributed by atoms with van der Waals surface area (Å²) in [6, 6.07) is 11.3. The lowest BCUT2D eigenvalue weighted by Crippen LogP contribution is -2.47. The number of hydrogen-bond acceptors (Lipinski definition) is 3. The topological polar surface area (TPSA) is 59.4 Å². The van der Waals surface area contributed by atoms with E-state index in [-0.39, 0.29) is 17.6 Å². The molecule has 2 fully saturated rings. The molecule has 1 aliphatic carbocycles. The molecular formula is C27H30F4N4O. The third-order valence-corrected chi connectivity index (χ3v) is 7.22. The van der Waals surface area contributed by atoms with Crippen molar-refractivity contribution < 1.29 is 22.4 Å². The number of halogens is 4. The van der Waals surface area contributed by atoms with Crippen molar-refractivity contribution in [1.29, 1.82) is 5.26 Å². The number of hydrogen-bond donors (Lipinski definition) is 1. The van der Waals surface area contributed by atoms with Crippen LogP contribution in [-0.2, 0) is 6.18 Å². The molecule has 4 rings (SSSR count). The second kappa shape index (κ2) is 11.3. The molecule has 0 unspecified atom stereocenters. The number of benzene rings is 2. The summed E-state index contributed by atoms with van der Waals surface area (Å²) in [5.74, 6) is -0.764. The van der Waals surface area contributed by atoms with Crippen molar-refractivity contribution in [1.82, 2.24) is 9.80 Å². The predicted octanol–water partition coefficient (Wildman–Crippen LogP) is 6.37. The Kier molecular flexibility index (Phi) is 8.14. The maximum Gasteiger partial charge on any atom is 0.416 e. The highest BCUT2D eigenvalue weighted by Gasteiger charge is 2.33. The van der Waals surface area contributed by atoms with Gasteiger partial charge in [-0.15, -0.1) is 0 Å². The number of alkyl halides is 3. The highest BCUT2D eigenvalue weighted by atomic mass is 19.4. The van der Waals surface area contributed by atoms with Crippen LogP contribution in [-0.4, -0.2) is 48.1 Å². The predicted molar refractivity (Wildman–Crippen MR) is 129 cm³/mol. The smallest absolute Gasteiger partial charge is 0.320 e. The van der Waals surface area contributed by atoms with E-state index in [0.29, 0.717) is 24.7 Å². The minimum Gasteiger partial charge on any atom is -0.320 e. The van der Waals surface area contributed by atoms with Crippen LogP contribution in [0.15, 0.2) is 42.5 Å². The van der Waals surface area contributed by atoms with Gasteiger partial charge in [-0.05, 0) is 93.4 Å². The molecule has 2 amide bonds. The summed E-state index contributed by atoms with van der Waals surface area (Å²) in [4.78, 5) is 17.3. The van der Waals surface area contributed by atoms with Gasteiger partial charge in [-0.1, -0.05) is 12.1 Å². The SMILES string of the molecule is N#Cc1cccc([C@H]2CC[C@H](N(CCN3CCCC3)C(=O)Nc3cc(F)cc(C(F)(F)F)c3)CC2)c1. The third kappa shape index (κ3) is 6.55. The molecule has 1 N–H and O–H groups in total. The number of amides is 2. The summed E-state index contributed by atoms with van der Waals surface area (Å²) >= 11 is 0. The van der Waals surface area contributed by atoms with E-state index in [9.17, 15) is 27.6 Å². The Balaban J connectivity index is 1.46. The van der Waals surface area contributed by atoms with E-state index in [1.54, 1.807) is 11.0 Å². The van der Waals surface area contributed by atoms with E-state index >= 15 is 0 Å². The lowest BCUT2D eigenvalue weighted by molar-refractivity contribution is -0.137. The number of urea groups is 1.